The van der Waals surface area contributed by atoms with Crippen LogP contribution in [0.1, 0.15) is 25.6 Å². The highest BCUT2D eigenvalue weighted by atomic mass is 35.5. The number of carbonyl (C=O) groups is 2. The monoisotopic (exact) mass is 524 g/mol. The van der Waals surface area contributed by atoms with Crippen molar-refractivity contribution in [2.75, 3.05) is 0 Å². The number of thiophene rings is 4. The van der Waals surface area contributed by atoms with E-state index in [1.807, 2.05) is 17.7 Å². The molecule has 0 amide bonds. The summed E-state index contributed by atoms with van der Waals surface area (Å²) in [6.07, 6.45) is 0. The smallest absolute Gasteiger partial charge is 0.346 e. The molecule has 0 saturated heterocycles. The zero-order valence-corrected chi connectivity index (χ0v) is 20.3. The SMILES string of the molecule is Cc1sc2c(C(=O)Oc3cccs3)c3c(Cl)csc3c(C(=O)Oc3cccs3)c2c1Cl. The number of hydrogen-bond donors (Lipinski definition) is 0. The fourth-order valence-electron chi connectivity index (χ4n) is 3.22. The van der Waals surface area contributed by atoms with Crippen LogP contribution in [0.3, 0.4) is 0 Å². The molecular formula is C21H10Cl2O4S4. The van der Waals surface area contributed by atoms with Crippen LogP contribution in [0.15, 0.2) is 40.4 Å². The van der Waals surface area contributed by atoms with Gasteiger partial charge in [-0.3, -0.25) is 0 Å². The number of esters is 2. The third-order valence-electron chi connectivity index (χ3n) is 4.50. The molecule has 0 radical (unpaired) electrons. The van der Waals surface area contributed by atoms with E-state index < -0.39 is 11.9 Å². The van der Waals surface area contributed by atoms with Gasteiger partial charge < -0.3 is 9.47 Å². The molecule has 0 bridgehead atoms. The third kappa shape index (κ3) is 3.57. The van der Waals surface area contributed by atoms with Gasteiger partial charge >= 0.3 is 11.9 Å². The first-order chi connectivity index (χ1) is 15.0. The van der Waals surface area contributed by atoms with Crippen molar-refractivity contribution in [2.45, 2.75) is 6.92 Å². The van der Waals surface area contributed by atoms with Crippen LogP contribution in [0.25, 0.3) is 20.2 Å². The summed E-state index contributed by atoms with van der Waals surface area (Å²) in [6, 6.07) is 7.02. The molecule has 156 valence electrons. The van der Waals surface area contributed by atoms with E-state index in [2.05, 4.69) is 0 Å². The van der Waals surface area contributed by atoms with Gasteiger partial charge in [-0.2, -0.15) is 0 Å². The number of aryl methyl sites for hydroxylation is 1. The van der Waals surface area contributed by atoms with Crippen molar-refractivity contribution in [3.8, 4) is 10.1 Å². The van der Waals surface area contributed by atoms with Gasteiger partial charge in [-0.25, -0.2) is 9.59 Å². The van der Waals surface area contributed by atoms with E-state index in [9.17, 15) is 9.59 Å². The van der Waals surface area contributed by atoms with Gasteiger partial charge in [-0.15, -0.1) is 45.3 Å². The zero-order valence-electron chi connectivity index (χ0n) is 15.6. The summed E-state index contributed by atoms with van der Waals surface area (Å²) in [4.78, 5) is 27.2. The van der Waals surface area contributed by atoms with Crippen LogP contribution in [0.2, 0.25) is 10.0 Å². The number of benzene rings is 1. The van der Waals surface area contributed by atoms with Crippen LogP contribution in [0.4, 0.5) is 0 Å². The highest BCUT2D eigenvalue weighted by Gasteiger charge is 2.31. The second kappa shape index (κ2) is 8.20. The van der Waals surface area contributed by atoms with Crippen LogP contribution in [0.5, 0.6) is 10.1 Å². The summed E-state index contributed by atoms with van der Waals surface area (Å²) in [5, 5.41) is 8.01. The molecule has 5 aromatic rings. The summed E-state index contributed by atoms with van der Waals surface area (Å²) in [5.74, 6) is -1.09. The van der Waals surface area contributed by atoms with Crippen molar-refractivity contribution < 1.29 is 19.1 Å². The van der Waals surface area contributed by atoms with Crippen molar-refractivity contribution in [1.82, 2.24) is 0 Å². The largest absolute Gasteiger partial charge is 0.412 e. The maximum absolute atomic E-state index is 13.2. The Morgan fingerprint density at radius 1 is 0.839 bits per heavy atom. The quantitative estimate of drug-likeness (QED) is 0.222. The van der Waals surface area contributed by atoms with E-state index in [1.165, 1.54) is 45.3 Å². The van der Waals surface area contributed by atoms with Gasteiger partial charge in [0.1, 0.15) is 0 Å². The van der Waals surface area contributed by atoms with Crippen LogP contribution >= 0.6 is 68.5 Å². The maximum atomic E-state index is 13.2. The van der Waals surface area contributed by atoms with Gasteiger partial charge in [0, 0.05) is 21.0 Å². The van der Waals surface area contributed by atoms with E-state index in [0.717, 1.165) is 4.88 Å². The van der Waals surface area contributed by atoms with Crippen LogP contribution in [-0.2, 0) is 0 Å². The van der Waals surface area contributed by atoms with Crippen molar-refractivity contribution in [1.29, 1.82) is 0 Å². The molecule has 10 heteroatoms. The zero-order chi connectivity index (χ0) is 21.7. The molecule has 0 N–H and O–H groups in total. The molecule has 0 aliphatic carbocycles. The first kappa shape index (κ1) is 20.9. The first-order valence-corrected chi connectivity index (χ1v) is 13.0. The molecule has 0 unspecified atom stereocenters. The lowest BCUT2D eigenvalue weighted by atomic mass is 10.0. The Balaban J connectivity index is 1.78. The molecule has 0 aliphatic heterocycles. The van der Waals surface area contributed by atoms with Gasteiger partial charge in [0.05, 0.1) is 30.6 Å². The first-order valence-electron chi connectivity index (χ1n) is 8.78. The molecule has 0 fully saturated rings. The average Bonchev–Trinajstić information content (AvgIpc) is 3.53. The lowest BCUT2D eigenvalue weighted by molar-refractivity contribution is 0.0732. The van der Waals surface area contributed by atoms with Crippen molar-refractivity contribution >= 4 is 101 Å². The van der Waals surface area contributed by atoms with Crippen LogP contribution in [-0.4, -0.2) is 11.9 Å². The summed E-state index contributed by atoms with van der Waals surface area (Å²) >= 11 is 18.3. The van der Waals surface area contributed by atoms with Gasteiger partial charge in [-0.1, -0.05) is 23.2 Å². The molecule has 0 spiro atoms. The third-order valence-corrected chi connectivity index (χ3v) is 9.12. The van der Waals surface area contributed by atoms with Crippen molar-refractivity contribution in [3.63, 3.8) is 0 Å². The molecule has 0 aliphatic rings. The minimum Gasteiger partial charge on any atom is -0.412 e. The highest BCUT2D eigenvalue weighted by Crippen LogP contribution is 2.47. The van der Waals surface area contributed by atoms with Gasteiger partial charge in [0.2, 0.25) is 0 Å². The van der Waals surface area contributed by atoms with E-state index >= 15 is 0 Å². The second-order valence-electron chi connectivity index (χ2n) is 6.36. The number of hydrogen-bond acceptors (Lipinski definition) is 8. The van der Waals surface area contributed by atoms with Crippen LogP contribution < -0.4 is 9.47 Å². The van der Waals surface area contributed by atoms with E-state index in [1.54, 1.807) is 29.6 Å². The summed E-state index contributed by atoms with van der Waals surface area (Å²) in [6.45, 7) is 1.84. The maximum Gasteiger partial charge on any atom is 0.346 e. The van der Waals surface area contributed by atoms with E-state index in [4.69, 9.17) is 32.7 Å². The fourth-order valence-corrected chi connectivity index (χ4v) is 7.17. The topological polar surface area (TPSA) is 52.6 Å². The highest BCUT2D eigenvalue weighted by molar-refractivity contribution is 7.21. The second-order valence-corrected chi connectivity index (χ2v) is 11.1. The summed E-state index contributed by atoms with van der Waals surface area (Å²) < 4.78 is 12.3. The molecule has 4 aromatic heterocycles. The number of halogens is 2. The summed E-state index contributed by atoms with van der Waals surface area (Å²) in [5.41, 5.74) is 0.606. The molecule has 4 nitrogen and oxygen atoms in total. The molecule has 0 saturated carbocycles. The van der Waals surface area contributed by atoms with E-state index in [0.29, 0.717) is 51.5 Å². The van der Waals surface area contributed by atoms with Gasteiger partial charge in [0.25, 0.3) is 0 Å². The number of ether oxygens (including phenoxy) is 2. The molecule has 0 atom stereocenters. The lowest BCUT2D eigenvalue weighted by Gasteiger charge is -2.11. The van der Waals surface area contributed by atoms with Crippen LogP contribution in [0, 0.1) is 6.92 Å². The number of fused-ring (bicyclic) bond motifs is 2. The Kier molecular flexibility index (Phi) is 5.54. The average molecular weight is 525 g/mol. The Labute approximate surface area is 202 Å². The normalized spacial score (nSPS) is 11.3. The minimum atomic E-state index is -0.547. The molecule has 1 aromatic carbocycles. The number of carbonyl (C=O) groups excluding carboxylic acids is 2. The Morgan fingerprint density at radius 2 is 1.42 bits per heavy atom. The van der Waals surface area contributed by atoms with Crippen molar-refractivity contribution in [2.24, 2.45) is 0 Å². The number of rotatable bonds is 4. The van der Waals surface area contributed by atoms with Crippen molar-refractivity contribution in [3.05, 3.63) is 66.5 Å². The summed E-state index contributed by atoms with van der Waals surface area (Å²) in [7, 11) is 0. The Hall–Kier alpha value is -1.94. The lowest BCUT2D eigenvalue weighted by Crippen LogP contribution is -2.12. The fraction of sp³-hybridized carbons (Fsp3) is 0.0476. The van der Waals surface area contributed by atoms with Gasteiger partial charge in [0.15, 0.2) is 10.1 Å². The Bertz CT molecular complexity index is 1400. The molecule has 4 heterocycles. The molecule has 31 heavy (non-hydrogen) atoms. The minimum absolute atomic E-state index is 0.303. The Morgan fingerprint density at radius 3 is 1.97 bits per heavy atom. The predicted molar refractivity (Wildman–Crippen MR) is 131 cm³/mol. The molecular weight excluding hydrogens is 515 g/mol. The predicted octanol–water partition coefficient (Wildman–Crippen LogP) is 8.29. The van der Waals surface area contributed by atoms with Gasteiger partial charge in [-0.05, 0) is 41.9 Å². The standard InChI is InChI=1S/C21H10Cl2O4S4/c1-9-17(23)14-16(21(25)27-12-5-3-7-29-12)18-13(10(22)8-30-18)15(19(14)31-9)20(24)26-11-4-2-6-28-11/h2-8H,1H3. The van der Waals surface area contributed by atoms with E-state index in [-0.39, 0.29) is 0 Å². The molecule has 5 rings (SSSR count).